The van der Waals surface area contributed by atoms with Gasteiger partial charge in [-0.15, -0.1) is 0 Å². The zero-order chi connectivity index (χ0) is 14.2. The summed E-state index contributed by atoms with van der Waals surface area (Å²) in [4.78, 5) is 11.7. The van der Waals surface area contributed by atoms with Crippen LogP contribution >= 0.6 is 21.9 Å². The van der Waals surface area contributed by atoms with Crippen molar-refractivity contribution >= 4 is 33.9 Å². The van der Waals surface area contributed by atoms with Crippen LogP contribution in [0, 0.1) is 0 Å². The highest BCUT2D eigenvalue weighted by Gasteiger charge is 2.06. The van der Waals surface area contributed by atoms with Gasteiger partial charge in [-0.3, -0.25) is 0 Å². The summed E-state index contributed by atoms with van der Waals surface area (Å²) in [6.07, 6.45) is 1.82. The van der Waals surface area contributed by atoms with Gasteiger partial charge in [0, 0.05) is 5.75 Å². The van der Waals surface area contributed by atoms with Crippen LogP contribution in [0.2, 0.25) is 0 Å². The molecule has 0 aliphatic rings. The van der Waals surface area contributed by atoms with E-state index in [0.717, 1.165) is 22.4 Å². The molecule has 0 fully saturated rings. The number of carbonyl (C=O) groups is 1. The lowest BCUT2D eigenvalue weighted by molar-refractivity contribution is 0.0771. The Bertz CT molecular complexity index is 582. The van der Waals surface area contributed by atoms with Gasteiger partial charge >= 0.3 is 5.97 Å². The first-order valence-electron chi connectivity index (χ1n) is 6.06. The van der Waals surface area contributed by atoms with E-state index in [1.54, 1.807) is 12.1 Å². The number of rotatable bonds is 6. The van der Waals surface area contributed by atoms with Crippen LogP contribution in [0.4, 0.5) is 0 Å². The highest BCUT2D eigenvalue weighted by atomic mass is 33.1. The highest BCUT2D eigenvalue weighted by molar-refractivity contribution is 8.74. The second kappa shape index (κ2) is 7.82. The molecule has 0 unspecified atom stereocenters. The van der Waals surface area contributed by atoms with Gasteiger partial charge in [0.2, 0.25) is 0 Å². The Morgan fingerprint density at radius 3 is 2.70 bits per heavy atom. The molecule has 0 atom stereocenters. The monoisotopic (exact) mass is 302 g/mol. The van der Waals surface area contributed by atoms with Gasteiger partial charge in [0.05, 0.1) is 5.56 Å². The largest absolute Gasteiger partial charge is 0.376 e. The van der Waals surface area contributed by atoms with E-state index in [4.69, 9.17) is 4.18 Å². The van der Waals surface area contributed by atoms with E-state index in [-0.39, 0.29) is 5.97 Å². The van der Waals surface area contributed by atoms with Crippen molar-refractivity contribution in [3.05, 3.63) is 77.9 Å². The van der Waals surface area contributed by atoms with Crippen molar-refractivity contribution in [3.8, 4) is 0 Å². The first kappa shape index (κ1) is 14.8. The van der Waals surface area contributed by atoms with E-state index < -0.39 is 0 Å². The predicted molar refractivity (Wildman–Crippen MR) is 87.3 cm³/mol. The maximum atomic E-state index is 11.7. The van der Waals surface area contributed by atoms with E-state index in [1.807, 2.05) is 42.5 Å². The summed E-state index contributed by atoms with van der Waals surface area (Å²) in [6, 6.07) is 17.1. The SMILES string of the molecule is C=Cc1cccc(CSSOC(=O)c2ccccc2)c1. The van der Waals surface area contributed by atoms with E-state index >= 15 is 0 Å². The minimum atomic E-state index is -0.317. The average molecular weight is 302 g/mol. The first-order chi connectivity index (χ1) is 9.79. The summed E-state index contributed by atoms with van der Waals surface area (Å²) in [6.45, 7) is 3.74. The number of hydrogen-bond donors (Lipinski definition) is 0. The van der Waals surface area contributed by atoms with Crippen molar-refractivity contribution in [3.63, 3.8) is 0 Å². The number of benzene rings is 2. The van der Waals surface area contributed by atoms with Gasteiger partial charge in [0.15, 0.2) is 0 Å². The van der Waals surface area contributed by atoms with Gasteiger partial charge in [-0.25, -0.2) is 4.79 Å². The van der Waals surface area contributed by atoms with Crippen LogP contribution in [0.5, 0.6) is 0 Å². The fourth-order valence-electron chi connectivity index (χ4n) is 1.58. The Morgan fingerprint density at radius 1 is 1.15 bits per heavy atom. The van der Waals surface area contributed by atoms with Gasteiger partial charge in [-0.1, -0.05) is 55.1 Å². The van der Waals surface area contributed by atoms with E-state index in [1.165, 1.54) is 16.4 Å². The number of carbonyl (C=O) groups excluding carboxylic acids is 1. The maximum absolute atomic E-state index is 11.7. The molecule has 20 heavy (non-hydrogen) atoms. The third kappa shape index (κ3) is 4.47. The van der Waals surface area contributed by atoms with Crippen LogP contribution in [0.15, 0.2) is 61.2 Å². The summed E-state index contributed by atoms with van der Waals surface area (Å²) in [5.74, 6) is 0.456. The molecule has 0 heterocycles. The van der Waals surface area contributed by atoms with E-state index in [9.17, 15) is 4.79 Å². The van der Waals surface area contributed by atoms with Crippen molar-refractivity contribution < 1.29 is 8.98 Å². The van der Waals surface area contributed by atoms with Crippen LogP contribution in [0.1, 0.15) is 21.5 Å². The molecule has 0 saturated heterocycles. The molecule has 2 nitrogen and oxygen atoms in total. The van der Waals surface area contributed by atoms with Crippen molar-refractivity contribution in [2.24, 2.45) is 0 Å². The van der Waals surface area contributed by atoms with Crippen LogP contribution in [-0.4, -0.2) is 5.97 Å². The zero-order valence-electron chi connectivity index (χ0n) is 10.8. The Labute approximate surface area is 126 Å². The quantitative estimate of drug-likeness (QED) is 0.427. The third-order valence-corrected chi connectivity index (χ3v) is 4.19. The molecule has 2 aromatic rings. The molecule has 0 aromatic heterocycles. The van der Waals surface area contributed by atoms with Gasteiger partial charge in [0.1, 0.15) is 11.1 Å². The molecule has 0 N–H and O–H groups in total. The van der Waals surface area contributed by atoms with Crippen LogP contribution in [0.3, 0.4) is 0 Å². The summed E-state index contributed by atoms with van der Waals surface area (Å²) < 4.78 is 5.13. The van der Waals surface area contributed by atoms with Gasteiger partial charge in [-0.05, 0) is 34.1 Å². The number of hydrogen-bond acceptors (Lipinski definition) is 4. The molecule has 0 bridgehead atoms. The molecule has 102 valence electrons. The standard InChI is InChI=1S/C16H14O2S2/c1-2-13-7-6-8-14(11-13)12-19-20-18-16(17)15-9-4-3-5-10-15/h2-11H,1,12H2. The van der Waals surface area contributed by atoms with Crippen LogP contribution in [0.25, 0.3) is 6.08 Å². The molecule has 4 heteroatoms. The van der Waals surface area contributed by atoms with Crippen molar-refractivity contribution in [1.82, 2.24) is 0 Å². The minimum Gasteiger partial charge on any atom is -0.376 e. The Balaban J connectivity index is 1.76. The lowest BCUT2D eigenvalue weighted by Crippen LogP contribution is -1.98. The Morgan fingerprint density at radius 2 is 1.95 bits per heavy atom. The molecule has 0 aliphatic heterocycles. The summed E-state index contributed by atoms with van der Waals surface area (Å²) in [5.41, 5.74) is 2.83. The summed E-state index contributed by atoms with van der Waals surface area (Å²) >= 11 is 1.11. The molecular weight excluding hydrogens is 288 g/mol. The molecular formula is C16H14O2S2. The third-order valence-electron chi connectivity index (χ3n) is 2.58. The van der Waals surface area contributed by atoms with Crippen LogP contribution in [-0.2, 0) is 9.94 Å². The molecule has 2 aromatic carbocycles. The maximum Gasteiger partial charge on any atom is 0.350 e. The molecule has 0 radical (unpaired) electrons. The molecule has 0 amide bonds. The molecule has 0 spiro atoms. The van der Waals surface area contributed by atoms with Crippen molar-refractivity contribution in [2.75, 3.05) is 0 Å². The fraction of sp³-hybridized carbons (Fsp3) is 0.0625. The van der Waals surface area contributed by atoms with Gasteiger partial charge in [0.25, 0.3) is 0 Å². The lowest BCUT2D eigenvalue weighted by Gasteiger charge is -2.03. The minimum absolute atomic E-state index is 0.317. The topological polar surface area (TPSA) is 26.3 Å². The van der Waals surface area contributed by atoms with Crippen molar-refractivity contribution in [2.45, 2.75) is 5.75 Å². The first-order valence-corrected chi connectivity index (χ1v) is 8.31. The molecule has 0 saturated carbocycles. The Hall–Kier alpha value is -1.65. The molecule has 0 aliphatic carbocycles. The Kier molecular flexibility index (Phi) is 5.77. The van der Waals surface area contributed by atoms with E-state index in [2.05, 4.69) is 12.6 Å². The highest BCUT2D eigenvalue weighted by Crippen LogP contribution is 2.28. The summed E-state index contributed by atoms with van der Waals surface area (Å²) in [5, 5.41) is 0. The van der Waals surface area contributed by atoms with Gasteiger partial charge in [-0.2, -0.15) is 0 Å². The second-order valence-electron chi connectivity index (χ2n) is 4.02. The summed E-state index contributed by atoms with van der Waals surface area (Å²) in [7, 11) is 1.49. The van der Waals surface area contributed by atoms with Gasteiger partial charge < -0.3 is 4.18 Å². The van der Waals surface area contributed by atoms with Crippen LogP contribution < -0.4 is 0 Å². The second-order valence-corrected chi connectivity index (χ2v) is 5.96. The predicted octanol–water partition coefficient (Wildman–Crippen LogP) is 4.98. The smallest absolute Gasteiger partial charge is 0.350 e. The average Bonchev–Trinajstić information content (AvgIpc) is 2.52. The normalized spacial score (nSPS) is 10.0. The fourth-order valence-corrected chi connectivity index (χ4v) is 3.03. The van der Waals surface area contributed by atoms with Crippen molar-refractivity contribution in [1.29, 1.82) is 0 Å². The zero-order valence-corrected chi connectivity index (χ0v) is 12.5. The lowest BCUT2D eigenvalue weighted by atomic mass is 10.1. The molecule has 2 rings (SSSR count). The van der Waals surface area contributed by atoms with E-state index in [0.29, 0.717) is 5.56 Å².